The van der Waals surface area contributed by atoms with Gasteiger partial charge in [0.2, 0.25) is 0 Å². The Morgan fingerprint density at radius 2 is 2.08 bits per heavy atom. The van der Waals surface area contributed by atoms with Gasteiger partial charge in [-0.25, -0.2) is 9.79 Å². The van der Waals surface area contributed by atoms with Gasteiger partial charge in [0, 0.05) is 10.1 Å². The highest BCUT2D eigenvalue weighted by atomic mass is 32.2. The van der Waals surface area contributed by atoms with Gasteiger partial charge in [-0.3, -0.25) is 0 Å². The second-order valence-electron chi connectivity index (χ2n) is 5.95. The highest BCUT2D eigenvalue weighted by Crippen LogP contribution is 2.25. The molecule has 0 fully saturated rings. The Hall–Kier alpha value is -2.21. The Kier molecular flexibility index (Phi) is 7.13. The van der Waals surface area contributed by atoms with Crippen molar-refractivity contribution in [1.29, 1.82) is 0 Å². The van der Waals surface area contributed by atoms with Crippen molar-refractivity contribution in [2.45, 2.75) is 43.8 Å². The Morgan fingerprint density at radius 1 is 1.36 bits per heavy atom. The number of thioether (sulfide) groups is 1. The van der Waals surface area contributed by atoms with Crippen molar-refractivity contribution in [1.82, 2.24) is 5.32 Å². The molecule has 6 heteroatoms. The van der Waals surface area contributed by atoms with E-state index in [1.807, 2.05) is 30.8 Å². The van der Waals surface area contributed by atoms with Gasteiger partial charge in [-0.05, 0) is 24.1 Å². The predicted molar refractivity (Wildman–Crippen MR) is 104 cm³/mol. The van der Waals surface area contributed by atoms with Crippen molar-refractivity contribution in [3.8, 4) is 0 Å². The molecule has 0 bridgehead atoms. The van der Waals surface area contributed by atoms with E-state index >= 15 is 0 Å². The second-order valence-corrected chi connectivity index (χ2v) is 7.60. The van der Waals surface area contributed by atoms with E-state index < -0.39 is 5.97 Å². The monoisotopic (exact) mass is 359 g/mol. The van der Waals surface area contributed by atoms with Crippen molar-refractivity contribution < 1.29 is 9.53 Å². The van der Waals surface area contributed by atoms with Crippen LogP contribution in [0.1, 0.15) is 39.2 Å². The molecule has 5 nitrogen and oxygen atoms in total. The van der Waals surface area contributed by atoms with Gasteiger partial charge in [-0.2, -0.15) is 0 Å². The van der Waals surface area contributed by atoms with Crippen LogP contribution in [0.15, 0.2) is 52.1 Å². The minimum absolute atomic E-state index is 0.267. The minimum Gasteiger partial charge on any atom is -0.462 e. The quantitative estimate of drug-likeness (QED) is 0.336. The first kappa shape index (κ1) is 19.1. The molecule has 1 aliphatic heterocycles. The van der Waals surface area contributed by atoms with Crippen LogP contribution in [0, 0.1) is 0 Å². The summed E-state index contributed by atoms with van der Waals surface area (Å²) in [5, 5.41) is 3.70. The lowest BCUT2D eigenvalue weighted by Gasteiger charge is -2.17. The van der Waals surface area contributed by atoms with E-state index in [1.165, 1.54) is 11.0 Å². The first-order chi connectivity index (χ1) is 12.0. The maximum absolute atomic E-state index is 11.9. The molecule has 0 aliphatic carbocycles. The highest BCUT2D eigenvalue weighted by Gasteiger charge is 2.14. The van der Waals surface area contributed by atoms with Gasteiger partial charge in [0.1, 0.15) is 5.84 Å². The smallest absolute Gasteiger partial charge is 0.332 e. The number of carbonyl (C=O) groups is 1. The first-order valence-corrected chi connectivity index (χ1v) is 9.34. The maximum Gasteiger partial charge on any atom is 0.332 e. The molecule has 1 heterocycles. The van der Waals surface area contributed by atoms with Crippen LogP contribution in [0.5, 0.6) is 0 Å². The average molecular weight is 359 g/mol. The SMILES string of the molecule is CCCCOC(=O)C=C1NC(c2ccc(SC(C)C)cc2)=CN=C1N. The van der Waals surface area contributed by atoms with Crippen LogP contribution in [0.3, 0.4) is 0 Å². The van der Waals surface area contributed by atoms with Gasteiger partial charge in [-0.15, -0.1) is 11.8 Å². The van der Waals surface area contributed by atoms with Gasteiger partial charge in [-0.1, -0.05) is 39.3 Å². The molecule has 2 rings (SSSR count). The molecular formula is C19H25N3O2S. The third-order valence-electron chi connectivity index (χ3n) is 3.42. The lowest BCUT2D eigenvalue weighted by molar-refractivity contribution is -0.137. The molecule has 0 saturated carbocycles. The van der Waals surface area contributed by atoms with Crippen LogP contribution < -0.4 is 11.1 Å². The molecule has 0 amide bonds. The summed E-state index contributed by atoms with van der Waals surface area (Å²) in [4.78, 5) is 17.2. The summed E-state index contributed by atoms with van der Waals surface area (Å²) in [7, 11) is 0. The third-order valence-corrected chi connectivity index (χ3v) is 4.44. The van der Waals surface area contributed by atoms with Gasteiger partial charge < -0.3 is 15.8 Å². The fourth-order valence-electron chi connectivity index (χ4n) is 2.16. The van der Waals surface area contributed by atoms with Gasteiger partial charge in [0.15, 0.2) is 0 Å². The summed E-state index contributed by atoms with van der Waals surface area (Å²) < 4.78 is 5.14. The molecule has 0 atom stereocenters. The lowest BCUT2D eigenvalue weighted by Crippen LogP contribution is -2.29. The summed E-state index contributed by atoms with van der Waals surface area (Å²) in [6.07, 6.45) is 4.84. The Bertz CT molecular complexity index is 691. The minimum atomic E-state index is -0.418. The number of rotatable bonds is 7. The summed E-state index contributed by atoms with van der Waals surface area (Å²) in [6, 6.07) is 8.20. The molecular weight excluding hydrogens is 334 g/mol. The molecule has 0 saturated heterocycles. The number of nitrogens with two attached hydrogens (primary N) is 1. The molecule has 3 N–H and O–H groups in total. The number of esters is 1. The zero-order valence-corrected chi connectivity index (χ0v) is 15.7. The van der Waals surface area contributed by atoms with Crippen molar-refractivity contribution in [2.75, 3.05) is 6.61 Å². The number of unbranched alkanes of at least 4 members (excludes halogenated alkanes) is 1. The fourth-order valence-corrected chi connectivity index (χ4v) is 3.00. The van der Waals surface area contributed by atoms with E-state index in [0.717, 1.165) is 24.1 Å². The van der Waals surface area contributed by atoms with Gasteiger partial charge in [0.25, 0.3) is 0 Å². The molecule has 1 aromatic rings. The average Bonchev–Trinajstić information content (AvgIpc) is 2.57. The van der Waals surface area contributed by atoms with Crippen LogP contribution in [-0.4, -0.2) is 23.7 Å². The molecule has 0 radical (unpaired) electrons. The highest BCUT2D eigenvalue weighted by molar-refractivity contribution is 7.99. The van der Waals surface area contributed by atoms with Gasteiger partial charge >= 0.3 is 5.97 Å². The number of benzene rings is 1. The Morgan fingerprint density at radius 3 is 2.72 bits per heavy atom. The predicted octanol–water partition coefficient (Wildman–Crippen LogP) is 3.67. The first-order valence-electron chi connectivity index (χ1n) is 8.46. The molecule has 0 aromatic heterocycles. The van der Waals surface area contributed by atoms with Crippen molar-refractivity contribution in [3.63, 3.8) is 0 Å². The number of amidine groups is 1. The summed E-state index contributed by atoms with van der Waals surface area (Å²) >= 11 is 1.81. The van der Waals surface area contributed by atoms with Crippen LogP contribution in [0.25, 0.3) is 5.70 Å². The normalized spacial score (nSPS) is 15.6. The maximum atomic E-state index is 11.9. The van der Waals surface area contributed by atoms with Gasteiger partial charge in [0.05, 0.1) is 30.3 Å². The van der Waals surface area contributed by atoms with Crippen molar-refractivity contribution in [3.05, 3.63) is 47.8 Å². The number of hydrogen-bond donors (Lipinski definition) is 2. The largest absolute Gasteiger partial charge is 0.462 e. The van der Waals surface area contributed by atoms with Crippen molar-refractivity contribution in [2.24, 2.45) is 10.7 Å². The molecule has 0 spiro atoms. The Balaban J connectivity index is 2.07. The summed E-state index contributed by atoms with van der Waals surface area (Å²) in [5.41, 5.74) is 8.10. The van der Waals surface area contributed by atoms with E-state index in [4.69, 9.17) is 10.5 Å². The summed E-state index contributed by atoms with van der Waals surface area (Å²) in [6.45, 7) is 6.78. The fraction of sp³-hybridized carbons (Fsp3) is 0.368. The molecule has 25 heavy (non-hydrogen) atoms. The molecule has 134 valence electrons. The molecule has 1 aliphatic rings. The van der Waals surface area contributed by atoms with Crippen LogP contribution in [0.4, 0.5) is 0 Å². The van der Waals surface area contributed by atoms with E-state index in [0.29, 0.717) is 17.6 Å². The van der Waals surface area contributed by atoms with Crippen LogP contribution in [-0.2, 0) is 9.53 Å². The number of ether oxygens (including phenoxy) is 1. The second kappa shape index (κ2) is 9.32. The number of nitrogens with zero attached hydrogens (tertiary/aromatic N) is 1. The Labute approximate surface area is 153 Å². The molecule has 0 unspecified atom stereocenters. The summed E-state index contributed by atoms with van der Waals surface area (Å²) in [5.74, 6) is -0.151. The van der Waals surface area contributed by atoms with Crippen LogP contribution >= 0.6 is 11.8 Å². The third kappa shape index (κ3) is 5.98. The zero-order chi connectivity index (χ0) is 18.2. The number of aliphatic imine (C=N–C) groups is 1. The lowest BCUT2D eigenvalue weighted by atomic mass is 10.1. The molecule has 1 aromatic carbocycles. The van der Waals surface area contributed by atoms with Crippen LogP contribution in [0.2, 0.25) is 0 Å². The number of nitrogens with one attached hydrogen (secondary N) is 1. The van der Waals surface area contributed by atoms with Crippen molar-refractivity contribution >= 4 is 29.3 Å². The number of hydrogen-bond acceptors (Lipinski definition) is 6. The van der Waals surface area contributed by atoms with E-state index in [-0.39, 0.29) is 5.84 Å². The van der Waals surface area contributed by atoms with E-state index in [1.54, 1.807) is 6.20 Å². The topological polar surface area (TPSA) is 76.7 Å². The zero-order valence-electron chi connectivity index (χ0n) is 14.9. The standard InChI is InChI=1S/C19H25N3O2S/c1-4-5-10-24-18(23)11-16-19(20)21-12-17(22-16)14-6-8-15(9-7-14)25-13(2)3/h6-9,11-13,22H,4-5,10H2,1-3H3,(H2,20,21). The number of carbonyl (C=O) groups excluding carboxylic acids is 1. The van der Waals surface area contributed by atoms with E-state index in [2.05, 4.69) is 36.3 Å². The van der Waals surface area contributed by atoms with E-state index in [9.17, 15) is 4.79 Å².